The summed E-state index contributed by atoms with van der Waals surface area (Å²) in [5, 5.41) is 12.0. The number of halogens is 4. The third kappa shape index (κ3) is 3.58. The van der Waals surface area contributed by atoms with Crippen LogP contribution in [0.25, 0.3) is 10.6 Å². The first kappa shape index (κ1) is 18.4. The van der Waals surface area contributed by atoms with E-state index in [4.69, 9.17) is 0 Å². The number of nitrogens with one attached hydrogen (secondary N) is 1. The van der Waals surface area contributed by atoms with Crippen molar-refractivity contribution < 1.29 is 13.2 Å². The van der Waals surface area contributed by atoms with Crippen LogP contribution in [0.4, 0.5) is 18.3 Å². The Morgan fingerprint density at radius 2 is 2.00 bits per heavy atom. The van der Waals surface area contributed by atoms with Crippen LogP contribution in [0.1, 0.15) is 18.5 Å². The molecule has 0 atom stereocenters. The van der Waals surface area contributed by atoms with E-state index in [2.05, 4.69) is 36.4 Å². The zero-order chi connectivity index (χ0) is 19.0. The van der Waals surface area contributed by atoms with Crippen molar-refractivity contribution in [3.8, 4) is 10.6 Å². The van der Waals surface area contributed by atoms with Crippen molar-refractivity contribution in [1.82, 2.24) is 15.2 Å². The first-order valence-corrected chi connectivity index (χ1v) is 9.86. The lowest BCUT2D eigenvalue weighted by Crippen LogP contribution is -2.48. The summed E-state index contributed by atoms with van der Waals surface area (Å²) in [6, 6.07) is 7.42. The Balaban J connectivity index is 1.54. The quantitative estimate of drug-likeness (QED) is 0.580. The van der Waals surface area contributed by atoms with Crippen LogP contribution in [-0.2, 0) is 5.41 Å². The van der Waals surface area contributed by atoms with Gasteiger partial charge in [-0.2, -0.15) is 0 Å². The summed E-state index contributed by atoms with van der Waals surface area (Å²) in [4.78, 5) is 4.12. The highest BCUT2D eigenvalue weighted by molar-refractivity contribution is 9.10. The summed E-state index contributed by atoms with van der Waals surface area (Å²) in [6.07, 6.45) is 0.916. The number of anilines is 1. The highest BCUT2D eigenvalue weighted by atomic mass is 79.9. The van der Waals surface area contributed by atoms with Crippen molar-refractivity contribution in [2.75, 3.05) is 11.9 Å². The number of nitrogens with zero attached hydrogens (tertiary/aromatic N) is 3. The fourth-order valence-electron chi connectivity index (χ4n) is 3.30. The summed E-state index contributed by atoms with van der Waals surface area (Å²) >= 11 is 4.49. The molecule has 4 nitrogen and oxygen atoms in total. The molecule has 2 aromatic heterocycles. The van der Waals surface area contributed by atoms with Crippen LogP contribution >= 0.6 is 27.3 Å². The van der Waals surface area contributed by atoms with Crippen LogP contribution in [0.3, 0.4) is 0 Å². The minimum Gasteiger partial charge on any atom is -0.359 e. The molecule has 0 amide bonds. The van der Waals surface area contributed by atoms with Gasteiger partial charge in [0.15, 0.2) is 5.01 Å². The summed E-state index contributed by atoms with van der Waals surface area (Å²) in [5.74, 6) is -0.840. The van der Waals surface area contributed by atoms with E-state index in [1.54, 1.807) is 12.1 Å². The van der Waals surface area contributed by atoms with Crippen LogP contribution in [0.15, 0.2) is 41.0 Å². The van der Waals surface area contributed by atoms with Crippen molar-refractivity contribution in [3.05, 3.63) is 58.3 Å². The second-order valence-corrected chi connectivity index (χ2v) is 8.40. The van der Waals surface area contributed by atoms with Crippen molar-refractivity contribution in [1.29, 1.82) is 0 Å². The van der Waals surface area contributed by atoms with Gasteiger partial charge in [0.1, 0.15) is 17.8 Å². The van der Waals surface area contributed by atoms with E-state index in [1.807, 2.05) is 0 Å². The van der Waals surface area contributed by atoms with Crippen LogP contribution in [-0.4, -0.2) is 27.9 Å². The van der Waals surface area contributed by atoms with Crippen molar-refractivity contribution >= 4 is 32.4 Å². The van der Waals surface area contributed by atoms with E-state index in [1.165, 1.54) is 35.7 Å². The first-order chi connectivity index (χ1) is 13.0. The van der Waals surface area contributed by atoms with Gasteiger partial charge in [0.2, 0.25) is 5.13 Å². The van der Waals surface area contributed by atoms with E-state index in [0.29, 0.717) is 15.7 Å². The Hall–Kier alpha value is -2.00. The molecule has 1 aliphatic carbocycles. The molecule has 0 unspecified atom stereocenters. The van der Waals surface area contributed by atoms with Crippen LogP contribution in [0, 0.1) is 11.6 Å². The molecule has 1 aliphatic rings. The maximum Gasteiger partial charge on any atom is 0.206 e. The number of rotatable bonds is 5. The molecule has 140 valence electrons. The molecular formula is C18H14BrF3N4S. The molecule has 0 bridgehead atoms. The van der Waals surface area contributed by atoms with E-state index in [0.717, 1.165) is 4.47 Å². The average molecular weight is 455 g/mol. The predicted molar refractivity (Wildman–Crippen MR) is 101 cm³/mol. The van der Waals surface area contributed by atoms with Gasteiger partial charge in [-0.25, -0.2) is 13.2 Å². The van der Waals surface area contributed by atoms with Crippen LogP contribution < -0.4 is 5.32 Å². The molecule has 1 fully saturated rings. The molecule has 27 heavy (non-hydrogen) atoms. The first-order valence-electron chi connectivity index (χ1n) is 8.25. The fraction of sp³-hybridized carbons (Fsp3) is 0.278. The summed E-state index contributed by atoms with van der Waals surface area (Å²) in [5.41, 5.74) is -0.125. The van der Waals surface area contributed by atoms with E-state index in [9.17, 15) is 13.2 Å². The molecular weight excluding hydrogens is 441 g/mol. The number of pyridine rings is 1. The summed E-state index contributed by atoms with van der Waals surface area (Å²) in [7, 11) is 0. The summed E-state index contributed by atoms with van der Waals surface area (Å²) in [6.45, 7) is 0.275. The van der Waals surface area contributed by atoms with Crippen LogP contribution in [0.5, 0.6) is 0 Å². The number of alkyl halides is 1. The van der Waals surface area contributed by atoms with E-state index in [-0.39, 0.29) is 25.1 Å². The molecule has 1 aromatic carbocycles. The maximum absolute atomic E-state index is 14.2. The Labute approximate surface area is 166 Å². The standard InChI is InChI=1S/C18H14BrF3N4S/c19-10-3-4-13(21)12(6-10)16-25-26-17(27-16)24-9-18(7-11(20)8-18)15-14(22)2-1-5-23-15/h1-6,11H,7-9H2,(H,24,26)/t11-,18-. The number of benzene rings is 1. The second kappa shape index (κ2) is 7.20. The minimum atomic E-state index is -0.978. The van der Waals surface area contributed by atoms with Gasteiger partial charge in [-0.3, -0.25) is 4.98 Å². The topological polar surface area (TPSA) is 50.7 Å². The molecule has 0 aliphatic heterocycles. The molecule has 3 aromatic rings. The van der Waals surface area contributed by atoms with Gasteiger partial charge in [0, 0.05) is 28.2 Å². The average Bonchev–Trinajstić information content (AvgIpc) is 3.09. The fourth-order valence-corrected chi connectivity index (χ4v) is 4.41. The highest BCUT2D eigenvalue weighted by Crippen LogP contribution is 2.45. The normalized spacial score (nSPS) is 21.7. The molecule has 0 spiro atoms. The van der Waals surface area contributed by atoms with Crippen LogP contribution in [0.2, 0.25) is 0 Å². The predicted octanol–water partition coefficient (Wildman–Crippen LogP) is 5.12. The Morgan fingerprint density at radius 1 is 1.19 bits per heavy atom. The van der Waals surface area contributed by atoms with Crippen molar-refractivity contribution in [2.24, 2.45) is 0 Å². The molecule has 9 heteroatoms. The number of aromatic nitrogens is 3. The maximum atomic E-state index is 14.2. The van der Waals surface area contributed by atoms with Crippen molar-refractivity contribution in [3.63, 3.8) is 0 Å². The van der Waals surface area contributed by atoms with Crippen molar-refractivity contribution in [2.45, 2.75) is 24.4 Å². The van der Waals surface area contributed by atoms with Gasteiger partial charge >= 0.3 is 0 Å². The molecule has 0 saturated heterocycles. The van der Waals surface area contributed by atoms with Gasteiger partial charge < -0.3 is 5.32 Å². The smallest absolute Gasteiger partial charge is 0.206 e. The SMILES string of the molecule is Fc1ccc(Br)cc1-c1nnc(NC[C@]2(c3ncccc3F)C[C@H](F)C2)s1. The minimum absolute atomic E-state index is 0.194. The van der Waals surface area contributed by atoms with E-state index >= 15 is 0 Å². The lowest BCUT2D eigenvalue weighted by molar-refractivity contribution is 0.0965. The van der Waals surface area contributed by atoms with Gasteiger partial charge in [0.25, 0.3) is 0 Å². The van der Waals surface area contributed by atoms with Gasteiger partial charge in [-0.05, 0) is 43.2 Å². The Morgan fingerprint density at radius 3 is 2.74 bits per heavy atom. The lowest BCUT2D eigenvalue weighted by Gasteiger charge is -2.43. The molecule has 1 N–H and O–H groups in total. The number of hydrogen-bond acceptors (Lipinski definition) is 5. The molecule has 0 radical (unpaired) electrons. The lowest BCUT2D eigenvalue weighted by atomic mass is 9.65. The summed E-state index contributed by atoms with van der Waals surface area (Å²) < 4.78 is 42.5. The largest absolute Gasteiger partial charge is 0.359 e. The highest BCUT2D eigenvalue weighted by Gasteiger charge is 2.48. The Kier molecular flexibility index (Phi) is 4.90. The molecule has 4 rings (SSSR count). The van der Waals surface area contributed by atoms with Gasteiger partial charge in [-0.15, -0.1) is 10.2 Å². The zero-order valence-electron chi connectivity index (χ0n) is 13.9. The zero-order valence-corrected chi connectivity index (χ0v) is 16.3. The molecule has 1 saturated carbocycles. The van der Waals surface area contributed by atoms with Gasteiger partial charge in [-0.1, -0.05) is 27.3 Å². The monoisotopic (exact) mass is 454 g/mol. The third-order valence-corrected chi connectivity index (χ3v) is 6.05. The second-order valence-electron chi connectivity index (χ2n) is 6.51. The van der Waals surface area contributed by atoms with Gasteiger partial charge in [0.05, 0.1) is 5.69 Å². The Bertz CT molecular complexity index is 975. The van der Waals surface area contributed by atoms with E-state index < -0.39 is 23.2 Å². The third-order valence-electron chi connectivity index (χ3n) is 4.65. The molecule has 2 heterocycles. The number of hydrogen-bond donors (Lipinski definition) is 1.